The van der Waals surface area contributed by atoms with Crippen LogP contribution in [0.25, 0.3) is 0 Å². The first-order valence-electron chi connectivity index (χ1n) is 6.13. The Morgan fingerprint density at radius 1 is 1.10 bits per heavy atom. The van der Waals surface area contributed by atoms with Crippen LogP contribution in [0, 0.1) is 5.82 Å². The third kappa shape index (κ3) is 3.89. The van der Waals surface area contributed by atoms with Gasteiger partial charge in [-0.05, 0) is 17.7 Å². The van der Waals surface area contributed by atoms with E-state index in [4.69, 9.17) is 11.6 Å². The molecule has 0 amide bonds. The van der Waals surface area contributed by atoms with Crippen molar-refractivity contribution in [2.45, 2.75) is 19.1 Å². The fraction of sp³-hybridized carbons (Fsp3) is 0.200. The summed E-state index contributed by atoms with van der Waals surface area (Å²) in [5.74, 6) is -0.717. The molecule has 2 aromatic carbocycles. The van der Waals surface area contributed by atoms with Crippen LogP contribution < -0.4 is 4.74 Å². The Labute approximate surface area is 124 Å². The van der Waals surface area contributed by atoms with E-state index >= 15 is 0 Å². The molecule has 0 aliphatic heterocycles. The van der Waals surface area contributed by atoms with Gasteiger partial charge in [-0.25, -0.2) is 4.39 Å². The van der Waals surface area contributed by atoms with Crippen molar-refractivity contribution in [3.63, 3.8) is 0 Å². The Kier molecular flexibility index (Phi) is 5.09. The molecule has 0 bridgehead atoms. The van der Waals surface area contributed by atoms with Gasteiger partial charge in [-0.1, -0.05) is 41.9 Å². The van der Waals surface area contributed by atoms with Gasteiger partial charge in [0.15, 0.2) is 0 Å². The molecule has 0 aliphatic rings. The quantitative estimate of drug-likeness (QED) is 0.888. The molecule has 112 valence electrons. The van der Waals surface area contributed by atoms with Crippen molar-refractivity contribution in [3.05, 3.63) is 64.4 Å². The van der Waals surface area contributed by atoms with Crippen molar-refractivity contribution in [2.75, 3.05) is 0 Å². The number of ether oxygens (including phenoxy) is 1. The van der Waals surface area contributed by atoms with Gasteiger partial charge in [0.1, 0.15) is 11.6 Å². The van der Waals surface area contributed by atoms with Crippen LogP contribution in [0.1, 0.15) is 17.2 Å². The third-order valence-electron chi connectivity index (χ3n) is 2.94. The number of hydrogen-bond acceptors (Lipinski definition) is 2. The van der Waals surface area contributed by atoms with E-state index in [0.717, 1.165) is 0 Å². The van der Waals surface area contributed by atoms with Crippen molar-refractivity contribution in [3.8, 4) is 5.75 Å². The molecule has 2 rings (SSSR count). The monoisotopic (exact) mass is 316 g/mol. The smallest absolute Gasteiger partial charge is 0.387 e. The average Bonchev–Trinajstić information content (AvgIpc) is 2.44. The predicted octanol–water partition coefficient (Wildman–Crippen LogP) is 4.36. The molecule has 0 heterocycles. The summed E-state index contributed by atoms with van der Waals surface area (Å²) in [4.78, 5) is 0. The normalized spacial score (nSPS) is 12.5. The molecule has 0 radical (unpaired) electrons. The molecule has 0 spiro atoms. The predicted molar refractivity (Wildman–Crippen MR) is 73.1 cm³/mol. The molecular formula is C15H12ClF3O2. The number of benzene rings is 2. The second kappa shape index (κ2) is 6.83. The van der Waals surface area contributed by atoms with Crippen molar-refractivity contribution < 1.29 is 23.0 Å². The number of alkyl halides is 2. The van der Waals surface area contributed by atoms with E-state index in [1.807, 2.05) is 0 Å². The Bertz CT molecular complexity index is 620. The summed E-state index contributed by atoms with van der Waals surface area (Å²) >= 11 is 5.81. The zero-order valence-corrected chi connectivity index (χ0v) is 11.5. The molecule has 0 fully saturated rings. The van der Waals surface area contributed by atoms with Gasteiger partial charge >= 0.3 is 6.61 Å². The average molecular weight is 317 g/mol. The van der Waals surface area contributed by atoms with Gasteiger partial charge in [-0.2, -0.15) is 8.78 Å². The fourth-order valence-corrected chi connectivity index (χ4v) is 2.19. The molecule has 0 saturated heterocycles. The van der Waals surface area contributed by atoms with Gasteiger partial charge in [0, 0.05) is 12.0 Å². The van der Waals surface area contributed by atoms with Crippen molar-refractivity contribution in [1.82, 2.24) is 0 Å². The van der Waals surface area contributed by atoms with Gasteiger partial charge in [0.25, 0.3) is 0 Å². The van der Waals surface area contributed by atoms with E-state index in [0.29, 0.717) is 5.56 Å². The summed E-state index contributed by atoms with van der Waals surface area (Å²) in [7, 11) is 0. The molecule has 1 unspecified atom stereocenters. The maximum atomic E-state index is 13.3. The highest BCUT2D eigenvalue weighted by atomic mass is 35.5. The summed E-state index contributed by atoms with van der Waals surface area (Å²) < 4.78 is 42.4. The molecule has 0 saturated carbocycles. The number of halogens is 4. The highest BCUT2D eigenvalue weighted by Crippen LogP contribution is 2.31. The first-order valence-corrected chi connectivity index (χ1v) is 6.51. The highest BCUT2D eigenvalue weighted by Gasteiger charge is 2.18. The summed E-state index contributed by atoms with van der Waals surface area (Å²) in [5.41, 5.74) is 0.578. The summed E-state index contributed by atoms with van der Waals surface area (Å²) in [6.45, 7) is -2.99. The van der Waals surface area contributed by atoms with Crippen LogP contribution in [0.4, 0.5) is 13.2 Å². The molecule has 1 N–H and O–H groups in total. The Morgan fingerprint density at radius 3 is 2.52 bits per heavy atom. The van der Waals surface area contributed by atoms with Gasteiger partial charge in [0.2, 0.25) is 0 Å². The lowest BCUT2D eigenvalue weighted by Gasteiger charge is -2.16. The molecule has 2 nitrogen and oxygen atoms in total. The van der Waals surface area contributed by atoms with Crippen LogP contribution in [0.2, 0.25) is 5.02 Å². The minimum atomic E-state index is -2.99. The number of para-hydroxylation sites is 1. The van der Waals surface area contributed by atoms with Crippen LogP contribution in [-0.2, 0) is 6.42 Å². The summed E-state index contributed by atoms with van der Waals surface area (Å²) in [5, 5.41) is 10.1. The molecule has 1 atom stereocenters. The Balaban J connectivity index is 2.24. The first-order chi connectivity index (χ1) is 9.99. The van der Waals surface area contributed by atoms with E-state index in [-0.39, 0.29) is 22.8 Å². The highest BCUT2D eigenvalue weighted by molar-refractivity contribution is 6.31. The van der Waals surface area contributed by atoms with Crippen molar-refractivity contribution in [1.29, 1.82) is 0 Å². The maximum absolute atomic E-state index is 13.3. The third-order valence-corrected chi connectivity index (χ3v) is 3.36. The number of hydrogen-bond donors (Lipinski definition) is 1. The topological polar surface area (TPSA) is 29.5 Å². The van der Waals surface area contributed by atoms with Crippen LogP contribution in [0.5, 0.6) is 5.75 Å². The molecule has 2 aromatic rings. The Hall–Kier alpha value is -1.72. The van der Waals surface area contributed by atoms with Gasteiger partial charge in [-0.15, -0.1) is 0 Å². The van der Waals surface area contributed by atoms with Crippen LogP contribution >= 0.6 is 11.6 Å². The second-order valence-electron chi connectivity index (χ2n) is 4.35. The van der Waals surface area contributed by atoms with Crippen LogP contribution in [0.3, 0.4) is 0 Å². The van der Waals surface area contributed by atoms with E-state index < -0.39 is 18.5 Å². The first kappa shape index (κ1) is 15.7. The maximum Gasteiger partial charge on any atom is 0.387 e. The van der Waals surface area contributed by atoms with Crippen molar-refractivity contribution >= 4 is 11.6 Å². The minimum absolute atomic E-state index is 0.0137. The molecule has 21 heavy (non-hydrogen) atoms. The lowest BCUT2D eigenvalue weighted by molar-refractivity contribution is -0.0515. The van der Waals surface area contributed by atoms with Crippen LogP contribution in [0.15, 0.2) is 42.5 Å². The van der Waals surface area contributed by atoms with Gasteiger partial charge in [0.05, 0.1) is 11.1 Å². The zero-order valence-electron chi connectivity index (χ0n) is 10.8. The largest absolute Gasteiger partial charge is 0.434 e. The molecule has 0 aliphatic carbocycles. The number of rotatable bonds is 5. The van der Waals surface area contributed by atoms with E-state index in [1.165, 1.54) is 30.3 Å². The zero-order chi connectivity index (χ0) is 15.4. The fourth-order valence-electron chi connectivity index (χ4n) is 1.98. The standard InChI is InChI=1S/C15H12ClF3O2/c16-14-9(4-3-6-11(14)17)8-12(20)10-5-1-2-7-13(10)21-15(18)19/h1-7,12,15,20H,8H2. The number of aliphatic hydroxyl groups is 1. The van der Waals surface area contributed by atoms with E-state index in [1.54, 1.807) is 12.1 Å². The van der Waals surface area contributed by atoms with Gasteiger partial charge in [-0.3, -0.25) is 0 Å². The molecule has 6 heteroatoms. The van der Waals surface area contributed by atoms with Crippen LogP contribution in [-0.4, -0.2) is 11.7 Å². The number of aliphatic hydroxyl groups excluding tert-OH is 1. The lowest BCUT2D eigenvalue weighted by atomic mass is 10.0. The molecular weight excluding hydrogens is 305 g/mol. The van der Waals surface area contributed by atoms with E-state index in [9.17, 15) is 18.3 Å². The molecule has 0 aromatic heterocycles. The van der Waals surface area contributed by atoms with Crippen molar-refractivity contribution in [2.24, 2.45) is 0 Å². The summed E-state index contributed by atoms with van der Waals surface area (Å²) in [6.07, 6.45) is -1.15. The SMILES string of the molecule is OC(Cc1cccc(F)c1Cl)c1ccccc1OC(F)F. The Morgan fingerprint density at radius 2 is 1.81 bits per heavy atom. The van der Waals surface area contributed by atoms with E-state index in [2.05, 4.69) is 4.74 Å². The summed E-state index contributed by atoms with van der Waals surface area (Å²) in [6, 6.07) is 10.1. The lowest BCUT2D eigenvalue weighted by Crippen LogP contribution is -2.09. The second-order valence-corrected chi connectivity index (χ2v) is 4.73. The minimum Gasteiger partial charge on any atom is -0.434 e. The van der Waals surface area contributed by atoms with Gasteiger partial charge < -0.3 is 9.84 Å².